The van der Waals surface area contributed by atoms with Crippen molar-refractivity contribution in [2.75, 3.05) is 0 Å². The molecule has 1 aliphatic carbocycles. The highest BCUT2D eigenvalue weighted by molar-refractivity contribution is 5.45. The van der Waals surface area contributed by atoms with Crippen LogP contribution in [-0.4, -0.2) is 0 Å². The number of hydrogen-bond acceptors (Lipinski definition) is 1. The predicted molar refractivity (Wildman–Crippen MR) is 79.1 cm³/mol. The van der Waals surface area contributed by atoms with Gasteiger partial charge in [0.2, 0.25) is 0 Å². The molecule has 1 fully saturated rings. The third kappa shape index (κ3) is 1.92. The smallest absolute Gasteiger partial charge is 0.0332 e. The third-order valence-electron chi connectivity index (χ3n) is 4.54. The van der Waals surface area contributed by atoms with Crippen LogP contribution in [0.3, 0.4) is 0 Å². The SMILES string of the molecule is C=C1NC(C(C)(C)C)=C(C(C)(C)C)C12CCCC2. The van der Waals surface area contributed by atoms with Crippen LogP contribution in [-0.2, 0) is 0 Å². The molecule has 1 heterocycles. The van der Waals surface area contributed by atoms with Crippen LogP contribution in [0.2, 0.25) is 0 Å². The molecule has 18 heavy (non-hydrogen) atoms. The lowest BCUT2D eigenvalue weighted by molar-refractivity contribution is 0.340. The summed E-state index contributed by atoms with van der Waals surface area (Å²) in [6, 6.07) is 0. The lowest BCUT2D eigenvalue weighted by Crippen LogP contribution is -2.28. The molecule has 0 saturated heterocycles. The molecule has 0 bridgehead atoms. The van der Waals surface area contributed by atoms with Gasteiger partial charge in [-0.05, 0) is 23.8 Å². The Bertz CT molecular complexity index is 392. The van der Waals surface area contributed by atoms with Crippen LogP contribution in [0.15, 0.2) is 23.5 Å². The Hall–Kier alpha value is -0.720. The van der Waals surface area contributed by atoms with E-state index in [-0.39, 0.29) is 16.2 Å². The maximum atomic E-state index is 4.36. The Balaban J connectivity index is 2.62. The van der Waals surface area contributed by atoms with Gasteiger partial charge in [-0.3, -0.25) is 0 Å². The van der Waals surface area contributed by atoms with Crippen molar-refractivity contribution in [3.05, 3.63) is 23.5 Å². The molecular formula is C17H29N. The van der Waals surface area contributed by atoms with E-state index in [1.807, 2.05) is 0 Å². The monoisotopic (exact) mass is 247 g/mol. The van der Waals surface area contributed by atoms with E-state index in [1.54, 1.807) is 5.57 Å². The van der Waals surface area contributed by atoms with Gasteiger partial charge >= 0.3 is 0 Å². The van der Waals surface area contributed by atoms with E-state index in [2.05, 4.69) is 53.4 Å². The first kappa shape index (κ1) is 13.7. The van der Waals surface area contributed by atoms with E-state index in [1.165, 1.54) is 37.1 Å². The topological polar surface area (TPSA) is 12.0 Å². The van der Waals surface area contributed by atoms with Crippen LogP contribution < -0.4 is 5.32 Å². The molecule has 1 spiro atoms. The van der Waals surface area contributed by atoms with Gasteiger partial charge in [0.05, 0.1) is 0 Å². The van der Waals surface area contributed by atoms with Gasteiger partial charge in [0.1, 0.15) is 0 Å². The fraction of sp³-hybridized carbons (Fsp3) is 0.765. The molecule has 102 valence electrons. The maximum Gasteiger partial charge on any atom is 0.0332 e. The molecule has 2 aliphatic rings. The van der Waals surface area contributed by atoms with Crippen LogP contribution in [0.1, 0.15) is 67.2 Å². The van der Waals surface area contributed by atoms with Crippen molar-refractivity contribution in [2.24, 2.45) is 16.2 Å². The van der Waals surface area contributed by atoms with Crippen molar-refractivity contribution >= 4 is 0 Å². The van der Waals surface area contributed by atoms with Gasteiger partial charge < -0.3 is 5.32 Å². The van der Waals surface area contributed by atoms with Crippen molar-refractivity contribution in [1.29, 1.82) is 0 Å². The van der Waals surface area contributed by atoms with Gasteiger partial charge in [0.25, 0.3) is 0 Å². The maximum absolute atomic E-state index is 4.36. The van der Waals surface area contributed by atoms with Crippen molar-refractivity contribution in [1.82, 2.24) is 5.32 Å². The largest absolute Gasteiger partial charge is 0.362 e. The van der Waals surface area contributed by atoms with Crippen LogP contribution in [0.4, 0.5) is 0 Å². The summed E-state index contributed by atoms with van der Waals surface area (Å²) in [7, 11) is 0. The van der Waals surface area contributed by atoms with Gasteiger partial charge in [0.15, 0.2) is 0 Å². The first-order chi connectivity index (χ1) is 8.09. The van der Waals surface area contributed by atoms with E-state index >= 15 is 0 Å². The molecule has 1 nitrogen and oxygen atoms in total. The minimum absolute atomic E-state index is 0.178. The fourth-order valence-electron chi connectivity index (χ4n) is 3.91. The highest BCUT2D eigenvalue weighted by Gasteiger charge is 2.51. The molecule has 0 aromatic rings. The molecule has 1 saturated carbocycles. The van der Waals surface area contributed by atoms with E-state index in [9.17, 15) is 0 Å². The van der Waals surface area contributed by atoms with E-state index < -0.39 is 0 Å². The second-order valence-corrected chi connectivity index (χ2v) is 8.14. The second kappa shape index (κ2) is 3.88. The van der Waals surface area contributed by atoms with Crippen molar-refractivity contribution in [3.63, 3.8) is 0 Å². The van der Waals surface area contributed by atoms with E-state index in [0.29, 0.717) is 0 Å². The van der Waals surface area contributed by atoms with Gasteiger partial charge in [0, 0.05) is 22.2 Å². The Labute approximate surface area is 113 Å². The summed E-state index contributed by atoms with van der Waals surface area (Å²) in [5.41, 5.74) is 4.97. The summed E-state index contributed by atoms with van der Waals surface area (Å²) in [6.45, 7) is 18.4. The second-order valence-electron chi connectivity index (χ2n) is 8.14. The summed E-state index contributed by atoms with van der Waals surface area (Å²) in [5, 5.41) is 3.67. The van der Waals surface area contributed by atoms with Crippen LogP contribution in [0, 0.1) is 16.2 Å². The number of hydrogen-bond donors (Lipinski definition) is 1. The van der Waals surface area contributed by atoms with Gasteiger partial charge in [-0.1, -0.05) is 61.0 Å². The first-order valence-electron chi connectivity index (χ1n) is 7.31. The number of rotatable bonds is 0. The molecule has 1 aliphatic heterocycles. The molecule has 2 rings (SSSR count). The standard InChI is InChI=1S/C17H29N/c1-12-17(10-8-9-11-17)13(15(2,3)4)14(18-12)16(5,6)7/h18H,1,8-11H2,2-7H3. The zero-order chi connectivity index (χ0) is 13.8. The number of nitrogens with one attached hydrogen (secondary N) is 1. The van der Waals surface area contributed by atoms with Crippen molar-refractivity contribution < 1.29 is 0 Å². The Morgan fingerprint density at radius 1 is 0.944 bits per heavy atom. The lowest BCUT2D eigenvalue weighted by atomic mass is 9.66. The first-order valence-corrected chi connectivity index (χ1v) is 7.31. The van der Waals surface area contributed by atoms with Crippen LogP contribution in [0.25, 0.3) is 0 Å². The normalized spacial score (nSPS) is 24.0. The lowest BCUT2D eigenvalue weighted by Gasteiger charge is -2.37. The third-order valence-corrected chi connectivity index (χ3v) is 4.54. The fourth-order valence-corrected chi connectivity index (χ4v) is 3.91. The van der Waals surface area contributed by atoms with Crippen LogP contribution >= 0.6 is 0 Å². The zero-order valence-corrected chi connectivity index (χ0v) is 13.0. The summed E-state index contributed by atoms with van der Waals surface area (Å²) in [5.74, 6) is 0. The van der Waals surface area contributed by atoms with E-state index in [4.69, 9.17) is 0 Å². The zero-order valence-electron chi connectivity index (χ0n) is 13.0. The molecule has 0 aromatic carbocycles. The highest BCUT2D eigenvalue weighted by atomic mass is 15.0. The summed E-state index contributed by atoms with van der Waals surface area (Å²) in [6.07, 6.45) is 5.26. The Morgan fingerprint density at radius 2 is 1.44 bits per heavy atom. The average molecular weight is 247 g/mol. The number of allylic oxidation sites excluding steroid dienone is 2. The van der Waals surface area contributed by atoms with Crippen molar-refractivity contribution in [3.8, 4) is 0 Å². The average Bonchev–Trinajstić information content (AvgIpc) is 2.73. The van der Waals surface area contributed by atoms with E-state index in [0.717, 1.165) is 0 Å². The summed E-state index contributed by atoms with van der Waals surface area (Å²) >= 11 is 0. The molecule has 1 N–H and O–H groups in total. The summed E-state index contributed by atoms with van der Waals surface area (Å²) in [4.78, 5) is 0. The molecule has 0 atom stereocenters. The highest BCUT2D eigenvalue weighted by Crippen LogP contribution is 2.59. The minimum atomic E-state index is 0.178. The van der Waals surface area contributed by atoms with Crippen molar-refractivity contribution in [2.45, 2.75) is 67.2 Å². The van der Waals surface area contributed by atoms with Gasteiger partial charge in [-0.15, -0.1) is 0 Å². The molecule has 0 radical (unpaired) electrons. The quantitative estimate of drug-likeness (QED) is 0.634. The summed E-state index contributed by atoms with van der Waals surface area (Å²) < 4.78 is 0. The molecular weight excluding hydrogens is 218 g/mol. The molecule has 0 amide bonds. The van der Waals surface area contributed by atoms with Gasteiger partial charge in [-0.2, -0.15) is 0 Å². The van der Waals surface area contributed by atoms with Crippen LogP contribution in [0.5, 0.6) is 0 Å². The Kier molecular flexibility index (Phi) is 2.96. The van der Waals surface area contributed by atoms with Gasteiger partial charge in [-0.25, -0.2) is 0 Å². The molecule has 0 aromatic heterocycles. The predicted octanol–water partition coefficient (Wildman–Crippen LogP) is 5.01. The Morgan fingerprint density at radius 3 is 1.83 bits per heavy atom. The minimum Gasteiger partial charge on any atom is -0.362 e. The molecule has 1 heteroatoms. The molecule has 0 unspecified atom stereocenters.